The van der Waals surface area contributed by atoms with E-state index in [2.05, 4.69) is 0 Å². The van der Waals surface area contributed by atoms with Crippen molar-refractivity contribution < 1.29 is 29.2 Å². The van der Waals surface area contributed by atoms with Crippen molar-refractivity contribution >= 4 is 0 Å². The molecular weight excluding hydrogens is 288 g/mol. The summed E-state index contributed by atoms with van der Waals surface area (Å²) in [6.45, 7) is 3.58. The molecule has 2 N–H and O–H groups in total. The summed E-state index contributed by atoms with van der Waals surface area (Å²) in [5.41, 5.74) is 1.02. The Kier molecular flexibility index (Phi) is 4.49. The van der Waals surface area contributed by atoms with Crippen molar-refractivity contribution in [1.82, 2.24) is 0 Å². The lowest BCUT2D eigenvalue weighted by molar-refractivity contribution is -0.232. The van der Waals surface area contributed by atoms with E-state index < -0.39 is 43.1 Å². The summed E-state index contributed by atoms with van der Waals surface area (Å²) in [6.07, 6.45) is -3.25. The van der Waals surface area contributed by atoms with Gasteiger partial charge in [-0.1, -0.05) is 30.3 Å². The summed E-state index contributed by atoms with van der Waals surface area (Å²) in [4.78, 5) is 0. The number of benzene rings is 1. The van der Waals surface area contributed by atoms with E-state index in [9.17, 15) is 10.2 Å². The number of hydrogen-bond donors (Lipinski definition) is 2. The molecule has 122 valence electrons. The SMILES string of the molecule is CC1(C)OC2OC(C(O)CO)[C@H](OCc3ccccc3)C2O1. The zero-order chi connectivity index (χ0) is 15.7. The van der Waals surface area contributed by atoms with E-state index in [4.69, 9.17) is 18.9 Å². The second kappa shape index (κ2) is 6.23. The van der Waals surface area contributed by atoms with Gasteiger partial charge in [0.25, 0.3) is 0 Å². The Balaban J connectivity index is 1.71. The van der Waals surface area contributed by atoms with Crippen LogP contribution in [0.4, 0.5) is 0 Å². The molecule has 1 aromatic carbocycles. The van der Waals surface area contributed by atoms with E-state index in [1.165, 1.54) is 0 Å². The monoisotopic (exact) mass is 310 g/mol. The smallest absolute Gasteiger partial charge is 0.190 e. The molecule has 2 aliphatic rings. The molecule has 0 aromatic heterocycles. The zero-order valence-electron chi connectivity index (χ0n) is 12.7. The molecule has 1 aromatic rings. The lowest BCUT2D eigenvalue weighted by atomic mass is 10.1. The highest BCUT2D eigenvalue weighted by Crippen LogP contribution is 2.39. The van der Waals surface area contributed by atoms with Crippen LogP contribution in [-0.2, 0) is 25.6 Å². The van der Waals surface area contributed by atoms with Crippen LogP contribution in [0, 0.1) is 0 Å². The minimum Gasteiger partial charge on any atom is -0.394 e. The summed E-state index contributed by atoms with van der Waals surface area (Å²) >= 11 is 0. The van der Waals surface area contributed by atoms with Crippen molar-refractivity contribution in [3.8, 4) is 0 Å². The van der Waals surface area contributed by atoms with E-state index >= 15 is 0 Å². The van der Waals surface area contributed by atoms with Crippen molar-refractivity contribution in [2.24, 2.45) is 0 Å². The average molecular weight is 310 g/mol. The standard InChI is InChI=1S/C16H22O6/c1-16(2)21-14-13(19-9-10-6-4-3-5-7-10)12(11(18)8-17)20-15(14)22-16/h3-7,11-15,17-18H,8-9H2,1-2H3/t11?,12?,13-,14?,15?/m0/s1. The minimum absolute atomic E-state index is 0.372. The van der Waals surface area contributed by atoms with E-state index in [1.807, 2.05) is 30.3 Å². The second-order valence-corrected chi connectivity index (χ2v) is 6.08. The minimum atomic E-state index is -1.04. The molecule has 2 fully saturated rings. The molecule has 4 unspecified atom stereocenters. The first kappa shape index (κ1) is 15.9. The van der Waals surface area contributed by atoms with Crippen molar-refractivity contribution in [1.29, 1.82) is 0 Å². The fourth-order valence-electron chi connectivity index (χ4n) is 2.87. The molecule has 6 heteroatoms. The number of rotatable bonds is 5. The van der Waals surface area contributed by atoms with Crippen LogP contribution < -0.4 is 0 Å². The van der Waals surface area contributed by atoms with Crippen LogP contribution in [0.25, 0.3) is 0 Å². The molecule has 2 saturated heterocycles. The average Bonchev–Trinajstić information content (AvgIpc) is 2.97. The van der Waals surface area contributed by atoms with Gasteiger partial charge in [0.2, 0.25) is 0 Å². The first-order valence-corrected chi connectivity index (χ1v) is 7.46. The molecule has 0 spiro atoms. The second-order valence-electron chi connectivity index (χ2n) is 6.08. The fourth-order valence-corrected chi connectivity index (χ4v) is 2.87. The number of ether oxygens (including phenoxy) is 4. The molecule has 2 heterocycles. The molecule has 3 rings (SSSR count). The third-order valence-electron chi connectivity index (χ3n) is 3.88. The lowest BCUT2D eigenvalue weighted by Crippen LogP contribution is -2.44. The third-order valence-corrected chi connectivity index (χ3v) is 3.88. The van der Waals surface area contributed by atoms with Gasteiger partial charge in [0.1, 0.15) is 24.4 Å². The summed E-state index contributed by atoms with van der Waals surface area (Å²) in [5, 5.41) is 19.1. The Hall–Kier alpha value is -1.02. The quantitative estimate of drug-likeness (QED) is 0.838. The Bertz CT molecular complexity index is 491. The van der Waals surface area contributed by atoms with Crippen LogP contribution in [0.5, 0.6) is 0 Å². The van der Waals surface area contributed by atoms with Gasteiger partial charge in [-0.2, -0.15) is 0 Å². The molecule has 6 nitrogen and oxygen atoms in total. The van der Waals surface area contributed by atoms with E-state index in [0.29, 0.717) is 6.61 Å². The van der Waals surface area contributed by atoms with Gasteiger partial charge in [-0.3, -0.25) is 0 Å². The number of aliphatic hydroxyl groups excluding tert-OH is 2. The Morgan fingerprint density at radius 3 is 2.64 bits per heavy atom. The van der Waals surface area contributed by atoms with E-state index in [0.717, 1.165) is 5.56 Å². The number of fused-ring (bicyclic) bond motifs is 1. The van der Waals surface area contributed by atoms with E-state index in [-0.39, 0.29) is 0 Å². The highest BCUT2D eigenvalue weighted by molar-refractivity contribution is 5.13. The predicted octanol–water partition coefficient (Wildman–Crippen LogP) is 0.801. The normalized spacial score (nSPS) is 34.5. The van der Waals surface area contributed by atoms with Gasteiger partial charge in [0, 0.05) is 0 Å². The van der Waals surface area contributed by atoms with Crippen LogP contribution in [0.2, 0.25) is 0 Å². The molecule has 0 aliphatic carbocycles. The molecule has 0 radical (unpaired) electrons. The Morgan fingerprint density at radius 1 is 1.23 bits per heavy atom. The fraction of sp³-hybridized carbons (Fsp3) is 0.625. The van der Waals surface area contributed by atoms with Gasteiger partial charge in [-0.15, -0.1) is 0 Å². The third kappa shape index (κ3) is 3.17. The van der Waals surface area contributed by atoms with Gasteiger partial charge in [0.05, 0.1) is 13.2 Å². The van der Waals surface area contributed by atoms with Gasteiger partial charge in [0.15, 0.2) is 12.1 Å². The summed E-state index contributed by atoms with van der Waals surface area (Å²) in [5.74, 6) is -0.751. The maximum Gasteiger partial charge on any atom is 0.190 e. The molecule has 0 bridgehead atoms. The highest BCUT2D eigenvalue weighted by Gasteiger charge is 2.56. The predicted molar refractivity (Wildman–Crippen MR) is 76.8 cm³/mol. The first-order chi connectivity index (χ1) is 10.5. The highest BCUT2D eigenvalue weighted by atomic mass is 16.8. The van der Waals surface area contributed by atoms with Gasteiger partial charge in [-0.25, -0.2) is 0 Å². The molecule has 22 heavy (non-hydrogen) atoms. The molecular formula is C16H22O6. The molecule has 0 amide bonds. The van der Waals surface area contributed by atoms with Gasteiger partial charge < -0.3 is 29.2 Å². The van der Waals surface area contributed by atoms with Gasteiger partial charge in [-0.05, 0) is 19.4 Å². The maximum atomic E-state index is 9.94. The topological polar surface area (TPSA) is 77.4 Å². The van der Waals surface area contributed by atoms with Crippen molar-refractivity contribution in [2.75, 3.05) is 6.61 Å². The van der Waals surface area contributed by atoms with Crippen LogP contribution >= 0.6 is 0 Å². The molecule has 5 atom stereocenters. The molecule has 0 saturated carbocycles. The van der Waals surface area contributed by atoms with Crippen LogP contribution in [0.1, 0.15) is 19.4 Å². The van der Waals surface area contributed by atoms with Crippen molar-refractivity contribution in [3.05, 3.63) is 35.9 Å². The number of aliphatic hydroxyl groups is 2. The van der Waals surface area contributed by atoms with E-state index in [1.54, 1.807) is 13.8 Å². The largest absolute Gasteiger partial charge is 0.394 e. The zero-order valence-corrected chi connectivity index (χ0v) is 12.7. The van der Waals surface area contributed by atoms with Crippen LogP contribution in [0.15, 0.2) is 30.3 Å². The van der Waals surface area contributed by atoms with Crippen LogP contribution in [0.3, 0.4) is 0 Å². The summed E-state index contributed by atoms with van der Waals surface area (Å²) in [6, 6.07) is 9.73. The van der Waals surface area contributed by atoms with Crippen molar-refractivity contribution in [3.63, 3.8) is 0 Å². The van der Waals surface area contributed by atoms with Crippen LogP contribution in [-0.4, -0.2) is 53.3 Å². The lowest BCUT2D eigenvalue weighted by Gasteiger charge is -2.28. The Morgan fingerprint density at radius 2 is 1.95 bits per heavy atom. The number of hydrogen-bond acceptors (Lipinski definition) is 6. The van der Waals surface area contributed by atoms with Crippen molar-refractivity contribution in [2.45, 2.75) is 56.9 Å². The summed E-state index contributed by atoms with van der Waals surface area (Å²) in [7, 11) is 0. The maximum absolute atomic E-state index is 9.94. The summed E-state index contributed by atoms with van der Waals surface area (Å²) < 4.78 is 23.1. The molecule has 2 aliphatic heterocycles. The Labute approximate surface area is 129 Å². The van der Waals surface area contributed by atoms with Gasteiger partial charge >= 0.3 is 0 Å². The first-order valence-electron chi connectivity index (χ1n) is 7.46.